The minimum atomic E-state index is 0.454. The van der Waals surface area contributed by atoms with E-state index in [0.29, 0.717) is 12.1 Å². The van der Waals surface area contributed by atoms with Crippen LogP contribution in [0.5, 0.6) is 0 Å². The van der Waals surface area contributed by atoms with Crippen LogP contribution in [0.1, 0.15) is 38.4 Å². The van der Waals surface area contributed by atoms with Gasteiger partial charge in [-0.2, -0.15) is 5.10 Å². The van der Waals surface area contributed by atoms with Gasteiger partial charge < -0.3 is 10.2 Å². The number of nitrogens with one attached hydrogen (secondary N) is 1. The Kier molecular flexibility index (Phi) is 3.39. The van der Waals surface area contributed by atoms with E-state index in [2.05, 4.69) is 41.4 Å². The minimum Gasteiger partial charge on any atom is -0.307 e. The van der Waals surface area contributed by atoms with Crippen molar-refractivity contribution < 1.29 is 0 Å². The number of rotatable bonds is 4. The van der Waals surface area contributed by atoms with Gasteiger partial charge in [-0.05, 0) is 51.8 Å². The highest BCUT2D eigenvalue weighted by Gasteiger charge is 2.33. The zero-order chi connectivity index (χ0) is 12.5. The molecule has 1 atom stereocenters. The molecule has 0 aliphatic carbocycles. The lowest BCUT2D eigenvalue weighted by molar-refractivity contribution is 0.0718. The number of aromatic nitrogens is 2. The number of hydrogen-bond donors (Lipinski definition) is 1. The number of hydrogen-bond acceptors (Lipinski definition) is 3. The molecule has 4 nitrogen and oxygen atoms in total. The van der Waals surface area contributed by atoms with Crippen LogP contribution in [0.3, 0.4) is 0 Å². The summed E-state index contributed by atoms with van der Waals surface area (Å²) in [5.41, 5.74) is 1.17. The number of fused-ring (bicyclic) bond motifs is 3. The first-order valence-corrected chi connectivity index (χ1v) is 7.22. The zero-order valence-electron chi connectivity index (χ0n) is 11.5. The Labute approximate surface area is 109 Å². The smallest absolute Gasteiger partial charge is 0.0762 e. The normalized spacial score (nSPS) is 31.2. The third-order valence-electron chi connectivity index (χ3n) is 4.39. The van der Waals surface area contributed by atoms with Crippen LogP contribution < -0.4 is 5.32 Å². The maximum atomic E-state index is 4.60. The van der Waals surface area contributed by atoms with Gasteiger partial charge in [0.25, 0.3) is 0 Å². The van der Waals surface area contributed by atoms with E-state index in [0.717, 1.165) is 12.5 Å². The highest BCUT2D eigenvalue weighted by molar-refractivity contribution is 5.00. The van der Waals surface area contributed by atoms with E-state index in [1.165, 1.54) is 38.2 Å². The molecule has 0 saturated carbocycles. The quantitative estimate of drug-likeness (QED) is 0.879. The fraction of sp³-hybridized carbons (Fsp3) is 0.786. The molecule has 0 radical (unpaired) electrons. The van der Waals surface area contributed by atoms with Gasteiger partial charge in [0.2, 0.25) is 0 Å². The first-order valence-electron chi connectivity index (χ1n) is 7.22. The molecule has 1 unspecified atom stereocenters. The molecule has 1 aromatic rings. The maximum Gasteiger partial charge on any atom is 0.0762 e. The zero-order valence-corrected chi connectivity index (χ0v) is 11.5. The van der Waals surface area contributed by atoms with E-state index in [-0.39, 0.29) is 0 Å². The summed E-state index contributed by atoms with van der Waals surface area (Å²) in [6, 6.07) is 3.27. The van der Waals surface area contributed by atoms with Gasteiger partial charge in [0.05, 0.1) is 5.69 Å². The predicted octanol–water partition coefficient (Wildman–Crippen LogP) is 1.65. The highest BCUT2D eigenvalue weighted by atomic mass is 15.3. The average molecular weight is 248 g/mol. The van der Waals surface area contributed by atoms with Crippen molar-refractivity contribution in [2.75, 3.05) is 19.6 Å². The van der Waals surface area contributed by atoms with Crippen molar-refractivity contribution in [1.82, 2.24) is 20.0 Å². The van der Waals surface area contributed by atoms with E-state index in [4.69, 9.17) is 0 Å². The van der Waals surface area contributed by atoms with Gasteiger partial charge in [-0.25, -0.2) is 0 Å². The molecule has 3 aliphatic rings. The maximum absolute atomic E-state index is 4.60. The molecule has 0 amide bonds. The summed E-state index contributed by atoms with van der Waals surface area (Å²) in [6.45, 7) is 9.09. The van der Waals surface area contributed by atoms with Crippen LogP contribution in [0, 0.1) is 5.92 Å². The molecule has 100 valence electrons. The number of piperidine rings is 3. The molecule has 4 heterocycles. The third-order valence-corrected chi connectivity index (χ3v) is 4.39. The molecular weight excluding hydrogens is 224 g/mol. The van der Waals surface area contributed by atoms with Gasteiger partial charge >= 0.3 is 0 Å². The first kappa shape index (κ1) is 12.2. The molecule has 0 aromatic carbocycles. The standard InChI is InChI=1S/C14H24N4/c1-11(2)18-8-5-13(16-18)9-15-14-10-17-6-3-12(14)4-7-17/h5,8,11-12,14-15H,3-4,6-7,9-10H2,1-2H3. The second-order valence-corrected chi connectivity index (χ2v) is 6.01. The molecule has 2 bridgehead atoms. The van der Waals surface area contributed by atoms with Crippen LogP contribution in [0.15, 0.2) is 12.3 Å². The van der Waals surface area contributed by atoms with Gasteiger partial charge in [-0.15, -0.1) is 0 Å². The molecular formula is C14H24N4. The average Bonchev–Trinajstić information content (AvgIpc) is 2.87. The predicted molar refractivity (Wildman–Crippen MR) is 72.4 cm³/mol. The van der Waals surface area contributed by atoms with Gasteiger partial charge in [-0.1, -0.05) is 0 Å². The molecule has 3 saturated heterocycles. The summed E-state index contributed by atoms with van der Waals surface area (Å²) >= 11 is 0. The lowest BCUT2D eigenvalue weighted by Gasteiger charge is -2.45. The van der Waals surface area contributed by atoms with Gasteiger partial charge in [0.15, 0.2) is 0 Å². The van der Waals surface area contributed by atoms with Crippen molar-refractivity contribution in [1.29, 1.82) is 0 Å². The molecule has 1 N–H and O–H groups in total. The van der Waals surface area contributed by atoms with Crippen molar-refractivity contribution >= 4 is 0 Å². The minimum absolute atomic E-state index is 0.454. The van der Waals surface area contributed by atoms with Crippen LogP contribution in [-0.4, -0.2) is 40.4 Å². The van der Waals surface area contributed by atoms with E-state index < -0.39 is 0 Å². The van der Waals surface area contributed by atoms with Gasteiger partial charge in [0.1, 0.15) is 0 Å². The van der Waals surface area contributed by atoms with Crippen molar-refractivity contribution in [2.45, 2.75) is 45.3 Å². The summed E-state index contributed by atoms with van der Waals surface area (Å²) in [5, 5.41) is 8.30. The summed E-state index contributed by atoms with van der Waals surface area (Å²) in [7, 11) is 0. The van der Waals surface area contributed by atoms with Crippen LogP contribution in [0.4, 0.5) is 0 Å². The molecule has 1 aromatic heterocycles. The SMILES string of the molecule is CC(C)n1ccc(CNC2CN3CCC2CC3)n1. The van der Waals surface area contributed by atoms with Crippen LogP contribution in [-0.2, 0) is 6.54 Å². The van der Waals surface area contributed by atoms with Crippen molar-refractivity contribution in [2.24, 2.45) is 5.92 Å². The monoisotopic (exact) mass is 248 g/mol. The second-order valence-electron chi connectivity index (χ2n) is 6.01. The van der Waals surface area contributed by atoms with Crippen molar-refractivity contribution in [3.63, 3.8) is 0 Å². The summed E-state index contributed by atoms with van der Waals surface area (Å²) in [6.07, 6.45) is 4.83. The molecule has 18 heavy (non-hydrogen) atoms. The Morgan fingerprint density at radius 2 is 2.17 bits per heavy atom. The van der Waals surface area contributed by atoms with Gasteiger partial charge in [-0.3, -0.25) is 4.68 Å². The molecule has 3 fully saturated rings. The number of nitrogens with zero attached hydrogens (tertiary/aromatic N) is 3. The van der Waals surface area contributed by atoms with Crippen LogP contribution in [0.2, 0.25) is 0 Å². The Bertz CT molecular complexity index is 390. The molecule has 4 heteroatoms. The lowest BCUT2D eigenvalue weighted by atomic mass is 9.84. The van der Waals surface area contributed by atoms with Crippen molar-refractivity contribution in [3.8, 4) is 0 Å². The topological polar surface area (TPSA) is 33.1 Å². The lowest BCUT2D eigenvalue weighted by Crippen LogP contribution is -2.55. The largest absolute Gasteiger partial charge is 0.307 e. The van der Waals surface area contributed by atoms with Gasteiger partial charge in [0, 0.05) is 31.4 Å². The molecule has 4 rings (SSSR count). The first-order chi connectivity index (χ1) is 8.72. The fourth-order valence-corrected chi connectivity index (χ4v) is 3.19. The van der Waals surface area contributed by atoms with Crippen LogP contribution >= 0.6 is 0 Å². The van der Waals surface area contributed by atoms with E-state index in [1.54, 1.807) is 0 Å². The molecule has 0 spiro atoms. The van der Waals surface area contributed by atoms with E-state index >= 15 is 0 Å². The molecule has 3 aliphatic heterocycles. The fourth-order valence-electron chi connectivity index (χ4n) is 3.19. The van der Waals surface area contributed by atoms with Crippen molar-refractivity contribution in [3.05, 3.63) is 18.0 Å². The Hall–Kier alpha value is -0.870. The van der Waals surface area contributed by atoms with Crippen LogP contribution in [0.25, 0.3) is 0 Å². The summed E-state index contributed by atoms with van der Waals surface area (Å²) < 4.78 is 2.04. The Balaban J connectivity index is 1.54. The summed E-state index contributed by atoms with van der Waals surface area (Å²) in [5.74, 6) is 0.891. The highest BCUT2D eigenvalue weighted by Crippen LogP contribution is 2.27. The third kappa shape index (κ3) is 2.45. The van der Waals surface area contributed by atoms with E-state index in [9.17, 15) is 0 Å². The summed E-state index contributed by atoms with van der Waals surface area (Å²) in [4.78, 5) is 2.59. The van der Waals surface area contributed by atoms with E-state index in [1.807, 2.05) is 4.68 Å². The Morgan fingerprint density at radius 1 is 1.39 bits per heavy atom. The second kappa shape index (κ2) is 5.02. The Morgan fingerprint density at radius 3 is 2.72 bits per heavy atom.